The van der Waals surface area contributed by atoms with Crippen LogP contribution in [0.3, 0.4) is 0 Å². The Hall–Kier alpha value is -1.02. The lowest BCUT2D eigenvalue weighted by molar-refractivity contribution is 0.143. The summed E-state index contributed by atoms with van der Waals surface area (Å²) in [5.74, 6) is 2.31. The zero-order chi connectivity index (χ0) is 18.3. The van der Waals surface area contributed by atoms with Gasteiger partial charge < -0.3 is 20.1 Å². The molecule has 0 aromatic heterocycles. The molecule has 150 valence electrons. The van der Waals surface area contributed by atoms with E-state index in [4.69, 9.17) is 9.47 Å². The summed E-state index contributed by atoms with van der Waals surface area (Å²) in [6.07, 6.45) is 2.14. The number of hydrogen-bond donors (Lipinski definition) is 2. The lowest BCUT2D eigenvalue weighted by atomic mass is 10.2. The van der Waals surface area contributed by atoms with E-state index in [2.05, 4.69) is 48.5 Å². The van der Waals surface area contributed by atoms with Gasteiger partial charge in [-0.05, 0) is 50.3 Å². The molecule has 0 bridgehead atoms. The highest BCUT2D eigenvalue weighted by molar-refractivity contribution is 14.0. The van der Waals surface area contributed by atoms with E-state index in [0.717, 1.165) is 57.5 Å². The van der Waals surface area contributed by atoms with E-state index in [1.807, 2.05) is 19.1 Å². The molecule has 0 aliphatic heterocycles. The van der Waals surface area contributed by atoms with Gasteiger partial charge in [0.2, 0.25) is 0 Å². The largest absolute Gasteiger partial charge is 0.493 e. The monoisotopic (exact) mass is 477 g/mol. The predicted octanol–water partition coefficient (Wildman–Crippen LogP) is 4.21. The van der Waals surface area contributed by atoms with Gasteiger partial charge in [-0.1, -0.05) is 26.0 Å². The van der Waals surface area contributed by atoms with Crippen LogP contribution >= 0.6 is 24.0 Å². The number of nitrogens with one attached hydrogen (secondary N) is 2. The molecule has 0 spiro atoms. The number of guanidine groups is 1. The molecule has 0 unspecified atom stereocenters. The molecule has 0 saturated heterocycles. The lowest BCUT2D eigenvalue weighted by Crippen LogP contribution is -2.37. The van der Waals surface area contributed by atoms with Gasteiger partial charge in [0.05, 0.1) is 13.2 Å². The minimum Gasteiger partial charge on any atom is -0.493 e. The maximum atomic E-state index is 5.71. The van der Waals surface area contributed by atoms with E-state index in [1.54, 1.807) is 0 Å². The molecule has 0 heterocycles. The fraction of sp³-hybridized carbons (Fsp3) is 0.650. The van der Waals surface area contributed by atoms with Crippen LogP contribution in [-0.4, -0.2) is 38.9 Å². The number of halogens is 1. The smallest absolute Gasteiger partial charge is 0.191 e. The predicted molar refractivity (Wildman–Crippen MR) is 121 cm³/mol. The Bertz CT molecular complexity index is 478. The van der Waals surface area contributed by atoms with Crippen LogP contribution in [0.15, 0.2) is 29.3 Å². The Labute approximate surface area is 176 Å². The minimum absolute atomic E-state index is 0. The molecular formula is C20H36IN3O2. The summed E-state index contributed by atoms with van der Waals surface area (Å²) in [6.45, 7) is 13.2. The molecule has 26 heavy (non-hydrogen) atoms. The quantitative estimate of drug-likeness (QED) is 0.205. The van der Waals surface area contributed by atoms with Crippen LogP contribution in [0.5, 0.6) is 5.75 Å². The standard InChI is InChI=1S/C20H35N3O2.HI/c1-5-21-20(22-13-7-8-14-24-6-2)23-15-18-9-11-19(12-10-18)25-16-17(3)4;/h9-12,17H,5-8,13-16H2,1-4H3,(H2,21,22,23);1H. The maximum Gasteiger partial charge on any atom is 0.191 e. The minimum atomic E-state index is 0. The number of unbranched alkanes of at least 4 members (excludes halogenated alkanes) is 1. The first-order chi connectivity index (χ1) is 12.2. The third-order valence-corrected chi connectivity index (χ3v) is 3.48. The average molecular weight is 477 g/mol. The number of benzene rings is 1. The molecule has 0 aliphatic carbocycles. The van der Waals surface area contributed by atoms with E-state index in [-0.39, 0.29) is 24.0 Å². The second kappa shape index (κ2) is 16.2. The Morgan fingerprint density at radius 1 is 1.08 bits per heavy atom. The van der Waals surface area contributed by atoms with Gasteiger partial charge in [-0.25, -0.2) is 4.99 Å². The number of rotatable bonds is 12. The third-order valence-electron chi connectivity index (χ3n) is 3.48. The van der Waals surface area contributed by atoms with Crippen LogP contribution in [0, 0.1) is 5.92 Å². The van der Waals surface area contributed by atoms with E-state index in [0.29, 0.717) is 12.5 Å². The van der Waals surface area contributed by atoms with Crippen molar-refractivity contribution in [3.8, 4) is 5.75 Å². The Balaban J connectivity index is 0.00000625. The van der Waals surface area contributed by atoms with Gasteiger partial charge in [0.15, 0.2) is 5.96 Å². The van der Waals surface area contributed by atoms with Crippen molar-refractivity contribution in [3.05, 3.63) is 29.8 Å². The number of hydrogen-bond acceptors (Lipinski definition) is 3. The lowest BCUT2D eigenvalue weighted by Gasteiger charge is -2.12. The van der Waals surface area contributed by atoms with Gasteiger partial charge in [-0.15, -0.1) is 24.0 Å². The topological polar surface area (TPSA) is 54.9 Å². The molecule has 6 heteroatoms. The molecule has 0 aliphatic rings. The maximum absolute atomic E-state index is 5.71. The second-order valence-electron chi connectivity index (χ2n) is 6.37. The molecule has 0 atom stereocenters. The van der Waals surface area contributed by atoms with Crippen molar-refractivity contribution in [3.63, 3.8) is 0 Å². The summed E-state index contributed by atoms with van der Waals surface area (Å²) >= 11 is 0. The van der Waals surface area contributed by atoms with Gasteiger partial charge in [0.1, 0.15) is 5.75 Å². The first-order valence-electron chi connectivity index (χ1n) is 9.47. The van der Waals surface area contributed by atoms with Crippen LogP contribution in [0.4, 0.5) is 0 Å². The van der Waals surface area contributed by atoms with Crippen LogP contribution in [-0.2, 0) is 11.3 Å². The van der Waals surface area contributed by atoms with Crippen molar-refractivity contribution in [1.29, 1.82) is 0 Å². The fourth-order valence-corrected chi connectivity index (χ4v) is 2.15. The van der Waals surface area contributed by atoms with Gasteiger partial charge in [-0.3, -0.25) is 0 Å². The highest BCUT2D eigenvalue weighted by atomic mass is 127. The van der Waals surface area contributed by atoms with Crippen LogP contribution < -0.4 is 15.4 Å². The fourth-order valence-electron chi connectivity index (χ4n) is 2.15. The zero-order valence-corrected chi connectivity index (χ0v) is 19.0. The van der Waals surface area contributed by atoms with Crippen LogP contribution in [0.25, 0.3) is 0 Å². The molecule has 1 aromatic rings. The Kier molecular flexibility index (Phi) is 15.5. The molecular weight excluding hydrogens is 441 g/mol. The van der Waals surface area contributed by atoms with Gasteiger partial charge >= 0.3 is 0 Å². The molecule has 0 saturated carbocycles. The van der Waals surface area contributed by atoms with E-state index >= 15 is 0 Å². The summed E-state index contributed by atoms with van der Waals surface area (Å²) in [4.78, 5) is 4.64. The molecule has 1 aromatic carbocycles. The second-order valence-corrected chi connectivity index (χ2v) is 6.37. The third kappa shape index (κ3) is 12.4. The van der Waals surface area contributed by atoms with E-state index in [9.17, 15) is 0 Å². The van der Waals surface area contributed by atoms with Crippen molar-refractivity contribution in [2.24, 2.45) is 10.9 Å². The molecule has 2 N–H and O–H groups in total. The SMILES string of the molecule is CCNC(=NCc1ccc(OCC(C)C)cc1)NCCCCOCC.I. The summed E-state index contributed by atoms with van der Waals surface area (Å²) < 4.78 is 11.1. The molecule has 0 radical (unpaired) electrons. The normalized spacial score (nSPS) is 11.2. The molecule has 0 amide bonds. The van der Waals surface area contributed by atoms with Gasteiger partial charge in [-0.2, -0.15) is 0 Å². The van der Waals surface area contributed by atoms with Crippen molar-refractivity contribution < 1.29 is 9.47 Å². The van der Waals surface area contributed by atoms with E-state index in [1.165, 1.54) is 5.56 Å². The van der Waals surface area contributed by atoms with Crippen LogP contribution in [0.2, 0.25) is 0 Å². The Morgan fingerprint density at radius 2 is 1.81 bits per heavy atom. The van der Waals surface area contributed by atoms with Gasteiger partial charge in [0, 0.05) is 26.3 Å². The first-order valence-corrected chi connectivity index (χ1v) is 9.47. The number of aliphatic imine (C=N–C) groups is 1. The summed E-state index contributed by atoms with van der Waals surface area (Å²) in [7, 11) is 0. The highest BCUT2D eigenvalue weighted by Crippen LogP contribution is 2.13. The summed E-state index contributed by atoms with van der Waals surface area (Å²) in [6, 6.07) is 8.18. The molecule has 1 rings (SSSR count). The number of ether oxygens (including phenoxy) is 2. The summed E-state index contributed by atoms with van der Waals surface area (Å²) in [5, 5.41) is 6.65. The van der Waals surface area contributed by atoms with Crippen molar-refractivity contribution in [2.75, 3.05) is 32.9 Å². The van der Waals surface area contributed by atoms with Crippen molar-refractivity contribution in [1.82, 2.24) is 10.6 Å². The van der Waals surface area contributed by atoms with E-state index < -0.39 is 0 Å². The summed E-state index contributed by atoms with van der Waals surface area (Å²) in [5.41, 5.74) is 1.17. The van der Waals surface area contributed by atoms with Crippen molar-refractivity contribution >= 4 is 29.9 Å². The van der Waals surface area contributed by atoms with Crippen molar-refractivity contribution in [2.45, 2.75) is 47.1 Å². The van der Waals surface area contributed by atoms with Crippen LogP contribution in [0.1, 0.15) is 46.1 Å². The highest BCUT2D eigenvalue weighted by Gasteiger charge is 2.00. The Morgan fingerprint density at radius 3 is 2.42 bits per heavy atom. The first kappa shape index (κ1) is 25.0. The number of nitrogens with zero attached hydrogens (tertiary/aromatic N) is 1. The molecule has 0 fully saturated rings. The zero-order valence-electron chi connectivity index (χ0n) is 16.7. The molecule has 5 nitrogen and oxygen atoms in total. The van der Waals surface area contributed by atoms with Gasteiger partial charge in [0.25, 0.3) is 0 Å². The average Bonchev–Trinajstić information content (AvgIpc) is 2.61.